The lowest BCUT2D eigenvalue weighted by Gasteiger charge is -2.34. The third-order valence-electron chi connectivity index (χ3n) is 5.20. The van der Waals surface area contributed by atoms with Crippen LogP contribution >= 0.6 is 15.9 Å². The van der Waals surface area contributed by atoms with E-state index in [1.54, 1.807) is 18.2 Å². The van der Waals surface area contributed by atoms with Crippen LogP contribution < -0.4 is 10.1 Å². The summed E-state index contributed by atoms with van der Waals surface area (Å²) in [6.45, 7) is 5.30. The summed E-state index contributed by atoms with van der Waals surface area (Å²) in [6.07, 6.45) is 0.595. The lowest BCUT2D eigenvalue weighted by atomic mass is 10.1. The van der Waals surface area contributed by atoms with Crippen LogP contribution in [0.4, 0.5) is 0 Å². The second-order valence-electron chi connectivity index (χ2n) is 8.32. The molecule has 1 atom stereocenters. The molecule has 1 unspecified atom stereocenters. The number of benzene rings is 2. The largest absolute Gasteiger partial charge is 0.492 e. The summed E-state index contributed by atoms with van der Waals surface area (Å²) in [7, 11) is 0. The molecule has 1 saturated heterocycles. The third kappa shape index (κ3) is 7.05. The van der Waals surface area contributed by atoms with Crippen molar-refractivity contribution >= 4 is 33.7 Å². The second kappa shape index (κ2) is 11.8. The van der Waals surface area contributed by atoms with Crippen LogP contribution in [0.1, 0.15) is 36.2 Å². The van der Waals surface area contributed by atoms with Crippen molar-refractivity contribution in [2.45, 2.75) is 32.7 Å². The molecule has 0 radical (unpaired) electrons. The molecule has 2 amide bonds. The van der Waals surface area contributed by atoms with Crippen LogP contribution in [0.25, 0.3) is 0 Å². The topological polar surface area (TPSA) is 84.9 Å². The van der Waals surface area contributed by atoms with Crippen molar-refractivity contribution in [1.82, 2.24) is 10.2 Å². The maximum Gasteiger partial charge on any atom is 0.308 e. The molecule has 1 fully saturated rings. The average Bonchev–Trinajstić information content (AvgIpc) is 2.80. The first-order valence-electron chi connectivity index (χ1n) is 11.1. The summed E-state index contributed by atoms with van der Waals surface area (Å²) in [5.41, 5.74) is 1.59. The minimum absolute atomic E-state index is 0.174. The van der Waals surface area contributed by atoms with Crippen LogP contribution in [0.5, 0.6) is 5.75 Å². The Morgan fingerprint density at radius 1 is 1.18 bits per heavy atom. The number of hydrogen-bond donors (Lipinski definition) is 1. The highest BCUT2D eigenvalue weighted by Crippen LogP contribution is 2.27. The molecule has 2 aromatic carbocycles. The van der Waals surface area contributed by atoms with Gasteiger partial charge in [0.05, 0.1) is 24.1 Å². The van der Waals surface area contributed by atoms with Gasteiger partial charge in [-0.25, -0.2) is 0 Å². The van der Waals surface area contributed by atoms with Gasteiger partial charge in [0, 0.05) is 25.1 Å². The van der Waals surface area contributed by atoms with Gasteiger partial charge in [0.25, 0.3) is 5.91 Å². The van der Waals surface area contributed by atoms with Crippen LogP contribution in [-0.2, 0) is 20.7 Å². The second-order valence-corrected chi connectivity index (χ2v) is 9.17. The minimum Gasteiger partial charge on any atom is -0.492 e. The number of amides is 2. The van der Waals surface area contributed by atoms with E-state index in [9.17, 15) is 14.4 Å². The Balaban J connectivity index is 1.64. The van der Waals surface area contributed by atoms with E-state index in [1.807, 2.05) is 44.2 Å². The van der Waals surface area contributed by atoms with Gasteiger partial charge in [-0.2, -0.15) is 0 Å². The number of rotatable bonds is 9. The van der Waals surface area contributed by atoms with E-state index in [0.29, 0.717) is 35.5 Å². The van der Waals surface area contributed by atoms with Crippen molar-refractivity contribution in [3.8, 4) is 5.75 Å². The summed E-state index contributed by atoms with van der Waals surface area (Å²) in [5, 5.41) is 2.73. The molecule has 3 rings (SSSR count). The van der Waals surface area contributed by atoms with Gasteiger partial charge in [-0.1, -0.05) is 44.2 Å². The fourth-order valence-corrected chi connectivity index (χ4v) is 3.97. The summed E-state index contributed by atoms with van der Waals surface area (Å²) in [5.74, 6) is -0.337. The Labute approximate surface area is 202 Å². The number of hydrogen-bond acceptors (Lipinski definition) is 5. The van der Waals surface area contributed by atoms with Crippen molar-refractivity contribution in [2.24, 2.45) is 5.92 Å². The molecule has 1 heterocycles. The van der Waals surface area contributed by atoms with Crippen molar-refractivity contribution in [2.75, 3.05) is 26.3 Å². The van der Waals surface area contributed by atoms with E-state index >= 15 is 0 Å². The van der Waals surface area contributed by atoms with E-state index in [4.69, 9.17) is 9.47 Å². The molecule has 0 aromatic heterocycles. The fraction of sp³-hybridized carbons (Fsp3) is 0.400. The zero-order valence-corrected chi connectivity index (χ0v) is 20.5. The summed E-state index contributed by atoms with van der Waals surface area (Å²) in [4.78, 5) is 39.3. The molecule has 1 N–H and O–H groups in total. The predicted molar refractivity (Wildman–Crippen MR) is 128 cm³/mol. The summed E-state index contributed by atoms with van der Waals surface area (Å²) in [6, 6.07) is 14.2. The molecule has 33 heavy (non-hydrogen) atoms. The molecule has 176 valence electrons. The summed E-state index contributed by atoms with van der Waals surface area (Å²) >= 11 is 3.48. The van der Waals surface area contributed by atoms with Crippen LogP contribution in [0.3, 0.4) is 0 Å². The maximum absolute atomic E-state index is 13.2. The predicted octanol–water partition coefficient (Wildman–Crippen LogP) is 3.60. The Morgan fingerprint density at radius 2 is 1.94 bits per heavy atom. The molecule has 0 aliphatic carbocycles. The van der Waals surface area contributed by atoms with Crippen LogP contribution in [-0.4, -0.2) is 55.0 Å². The highest BCUT2D eigenvalue weighted by atomic mass is 79.9. The van der Waals surface area contributed by atoms with Crippen molar-refractivity contribution in [3.63, 3.8) is 0 Å². The monoisotopic (exact) mass is 516 g/mol. The molecule has 0 spiro atoms. The highest BCUT2D eigenvalue weighted by molar-refractivity contribution is 9.10. The molecular formula is C25H29BrN2O5. The molecule has 1 aliphatic rings. The Bertz CT molecular complexity index is 980. The highest BCUT2D eigenvalue weighted by Gasteiger charge is 2.35. The van der Waals surface area contributed by atoms with E-state index in [-0.39, 0.29) is 30.8 Å². The van der Waals surface area contributed by atoms with Gasteiger partial charge < -0.3 is 19.7 Å². The van der Waals surface area contributed by atoms with Crippen molar-refractivity contribution in [3.05, 3.63) is 64.1 Å². The van der Waals surface area contributed by atoms with E-state index in [1.165, 1.54) is 10.5 Å². The summed E-state index contributed by atoms with van der Waals surface area (Å²) < 4.78 is 11.7. The number of nitrogens with zero attached hydrogens (tertiary/aromatic N) is 1. The van der Waals surface area contributed by atoms with Crippen LogP contribution in [0.2, 0.25) is 0 Å². The van der Waals surface area contributed by atoms with Crippen molar-refractivity contribution in [1.29, 1.82) is 0 Å². The lowest BCUT2D eigenvalue weighted by molar-refractivity contribution is -0.148. The number of halogens is 1. The lowest BCUT2D eigenvalue weighted by Crippen LogP contribution is -2.57. The normalized spacial score (nSPS) is 15.8. The smallest absolute Gasteiger partial charge is 0.308 e. The quantitative estimate of drug-likeness (QED) is 0.514. The Kier molecular flexibility index (Phi) is 8.88. The SMILES string of the molecule is CC(C)COC(=O)CC1C(=O)NCCN1C(=O)c1ccc(OCCc2ccccc2)c(Br)c1. The van der Waals surface area contributed by atoms with Gasteiger partial charge in [-0.3, -0.25) is 14.4 Å². The van der Waals surface area contributed by atoms with Crippen molar-refractivity contribution < 1.29 is 23.9 Å². The molecule has 7 nitrogen and oxygen atoms in total. The fourth-order valence-electron chi connectivity index (χ4n) is 3.48. The number of nitrogens with one attached hydrogen (secondary N) is 1. The molecule has 1 aliphatic heterocycles. The molecule has 0 saturated carbocycles. The molecule has 8 heteroatoms. The zero-order valence-electron chi connectivity index (χ0n) is 18.9. The zero-order chi connectivity index (χ0) is 23.8. The minimum atomic E-state index is -0.897. The van der Waals surface area contributed by atoms with Gasteiger partial charge in [-0.05, 0) is 45.6 Å². The van der Waals surface area contributed by atoms with Gasteiger partial charge in [0.1, 0.15) is 11.8 Å². The maximum atomic E-state index is 13.2. The van der Waals surface area contributed by atoms with E-state index < -0.39 is 12.0 Å². The molecule has 2 aromatic rings. The standard InChI is InChI=1S/C25H29BrN2O5/c1-17(2)16-33-23(29)15-21-24(30)27-11-12-28(21)25(31)19-8-9-22(20(26)14-19)32-13-10-18-6-4-3-5-7-18/h3-9,14,17,21H,10-13,15-16H2,1-2H3,(H,27,30). The average molecular weight is 517 g/mol. The number of ether oxygens (including phenoxy) is 2. The van der Waals surface area contributed by atoms with Crippen LogP contribution in [0.15, 0.2) is 53.0 Å². The number of esters is 1. The van der Waals surface area contributed by atoms with Gasteiger partial charge in [0.2, 0.25) is 5.91 Å². The van der Waals surface area contributed by atoms with Gasteiger partial charge >= 0.3 is 5.97 Å². The van der Waals surface area contributed by atoms with Crippen LogP contribution in [0, 0.1) is 5.92 Å². The molecular weight excluding hydrogens is 488 g/mol. The number of carbonyl (C=O) groups excluding carboxylic acids is 3. The van der Waals surface area contributed by atoms with E-state index in [2.05, 4.69) is 21.2 Å². The number of carbonyl (C=O) groups is 3. The Hall–Kier alpha value is -2.87. The van der Waals surface area contributed by atoms with E-state index in [0.717, 1.165) is 6.42 Å². The van der Waals surface area contributed by atoms with Gasteiger partial charge in [0.15, 0.2) is 0 Å². The Morgan fingerprint density at radius 3 is 2.64 bits per heavy atom. The van der Waals surface area contributed by atoms with Gasteiger partial charge in [-0.15, -0.1) is 0 Å². The molecule has 0 bridgehead atoms. The third-order valence-corrected chi connectivity index (χ3v) is 5.82. The first-order chi connectivity index (χ1) is 15.8. The first-order valence-corrected chi connectivity index (χ1v) is 11.8. The number of piperazine rings is 1. The first kappa shape index (κ1) is 24.8.